The Bertz CT molecular complexity index is 993. The van der Waals surface area contributed by atoms with Gasteiger partial charge in [-0.3, -0.25) is 9.69 Å². The number of nitrogens with zero attached hydrogens (tertiary/aromatic N) is 3. The van der Waals surface area contributed by atoms with Crippen LogP contribution in [0.2, 0.25) is 0 Å². The van der Waals surface area contributed by atoms with Crippen LogP contribution >= 0.6 is 0 Å². The Kier molecular flexibility index (Phi) is 5.72. The van der Waals surface area contributed by atoms with E-state index in [0.717, 1.165) is 42.2 Å². The van der Waals surface area contributed by atoms with Crippen molar-refractivity contribution in [1.29, 1.82) is 0 Å². The Labute approximate surface area is 170 Å². The number of hydrogen-bond donors (Lipinski definition) is 1. The van der Waals surface area contributed by atoms with E-state index in [1.54, 1.807) is 7.11 Å². The molecule has 0 atom stereocenters. The van der Waals surface area contributed by atoms with Gasteiger partial charge in [0, 0.05) is 30.5 Å². The lowest BCUT2D eigenvalue weighted by Crippen LogP contribution is -2.36. The summed E-state index contributed by atoms with van der Waals surface area (Å²) in [5, 5.41) is 7.41. The van der Waals surface area contributed by atoms with Gasteiger partial charge >= 0.3 is 0 Å². The number of para-hydroxylation sites is 1. The molecule has 0 saturated carbocycles. The molecule has 2 heterocycles. The van der Waals surface area contributed by atoms with Crippen LogP contribution in [-0.4, -0.2) is 47.3 Å². The lowest BCUT2D eigenvalue weighted by Gasteiger charge is -2.25. The molecular formula is C23H24N4O2. The highest BCUT2D eigenvalue weighted by Crippen LogP contribution is 2.23. The van der Waals surface area contributed by atoms with E-state index in [1.165, 1.54) is 5.57 Å². The highest BCUT2D eigenvalue weighted by Gasteiger charge is 2.17. The van der Waals surface area contributed by atoms with Crippen molar-refractivity contribution in [3.63, 3.8) is 0 Å². The van der Waals surface area contributed by atoms with Gasteiger partial charge in [0.1, 0.15) is 5.75 Å². The van der Waals surface area contributed by atoms with Gasteiger partial charge in [-0.2, -0.15) is 5.10 Å². The quantitative estimate of drug-likeness (QED) is 0.701. The number of nitrogens with one attached hydrogen (secondary N) is 1. The Balaban J connectivity index is 1.32. The van der Waals surface area contributed by atoms with Gasteiger partial charge < -0.3 is 10.1 Å². The summed E-state index contributed by atoms with van der Waals surface area (Å²) in [6.45, 7) is 1.97. The number of benzene rings is 2. The molecule has 6 heteroatoms. The third kappa shape index (κ3) is 4.73. The second kappa shape index (κ2) is 8.75. The number of carbonyl (C=O) groups excluding carboxylic acids is 1. The summed E-state index contributed by atoms with van der Waals surface area (Å²) in [7, 11) is 1.62. The molecule has 1 aromatic heterocycles. The van der Waals surface area contributed by atoms with Crippen LogP contribution in [0.4, 0.5) is 5.69 Å². The third-order valence-electron chi connectivity index (χ3n) is 5.01. The van der Waals surface area contributed by atoms with Crippen LogP contribution in [0.3, 0.4) is 0 Å². The van der Waals surface area contributed by atoms with Crippen molar-refractivity contribution in [2.45, 2.75) is 6.42 Å². The lowest BCUT2D eigenvalue weighted by molar-refractivity contribution is -0.117. The summed E-state index contributed by atoms with van der Waals surface area (Å²) in [6.07, 6.45) is 7.06. The minimum atomic E-state index is -0.0103. The molecule has 0 radical (unpaired) electrons. The number of anilines is 1. The van der Waals surface area contributed by atoms with E-state index in [9.17, 15) is 4.79 Å². The van der Waals surface area contributed by atoms with E-state index in [4.69, 9.17) is 4.74 Å². The van der Waals surface area contributed by atoms with Crippen molar-refractivity contribution in [3.8, 4) is 11.4 Å². The highest BCUT2D eigenvalue weighted by molar-refractivity contribution is 5.92. The lowest BCUT2D eigenvalue weighted by atomic mass is 10.0. The standard InChI is InChI=1S/C23H24N4O2/c1-29-22-9-7-20(8-10-22)25-23(28)17-26-13-11-18(12-14-26)19-15-24-27(16-19)21-5-3-2-4-6-21/h2-11,15-16H,12-14,17H2,1H3,(H,25,28). The molecule has 0 fully saturated rings. The zero-order valence-corrected chi connectivity index (χ0v) is 16.4. The number of aromatic nitrogens is 2. The third-order valence-corrected chi connectivity index (χ3v) is 5.01. The van der Waals surface area contributed by atoms with Crippen molar-refractivity contribution in [2.75, 3.05) is 32.1 Å². The summed E-state index contributed by atoms with van der Waals surface area (Å²) in [5.41, 5.74) is 4.24. The average Bonchev–Trinajstić information content (AvgIpc) is 3.26. The van der Waals surface area contributed by atoms with Gasteiger partial charge in [0.2, 0.25) is 5.91 Å². The van der Waals surface area contributed by atoms with Crippen molar-refractivity contribution in [3.05, 3.63) is 78.6 Å². The molecule has 1 aliphatic heterocycles. The van der Waals surface area contributed by atoms with Gasteiger partial charge in [0.25, 0.3) is 0 Å². The second-order valence-corrected chi connectivity index (χ2v) is 7.00. The van der Waals surface area contributed by atoms with E-state index in [2.05, 4.69) is 27.6 Å². The largest absolute Gasteiger partial charge is 0.497 e. The predicted molar refractivity (Wildman–Crippen MR) is 114 cm³/mol. The van der Waals surface area contributed by atoms with Crippen molar-refractivity contribution >= 4 is 17.2 Å². The molecule has 1 amide bonds. The molecule has 0 bridgehead atoms. The SMILES string of the molecule is COc1ccc(NC(=O)CN2CC=C(c3cnn(-c4ccccc4)c3)CC2)cc1. The van der Waals surface area contributed by atoms with Gasteiger partial charge in [-0.25, -0.2) is 4.68 Å². The Morgan fingerprint density at radius 2 is 1.93 bits per heavy atom. The molecule has 0 aliphatic carbocycles. The summed E-state index contributed by atoms with van der Waals surface area (Å²) >= 11 is 0. The topological polar surface area (TPSA) is 59.4 Å². The molecule has 3 aromatic rings. The van der Waals surface area contributed by atoms with Gasteiger partial charge in [-0.1, -0.05) is 24.3 Å². The van der Waals surface area contributed by atoms with Crippen LogP contribution < -0.4 is 10.1 Å². The fourth-order valence-corrected chi connectivity index (χ4v) is 3.41. The van der Waals surface area contributed by atoms with E-state index in [1.807, 2.05) is 65.5 Å². The average molecular weight is 388 g/mol. The van der Waals surface area contributed by atoms with Crippen LogP contribution in [0.25, 0.3) is 11.3 Å². The maximum absolute atomic E-state index is 12.3. The summed E-state index contributed by atoms with van der Waals surface area (Å²) in [5.74, 6) is 0.760. The number of amides is 1. The molecular weight excluding hydrogens is 364 g/mol. The summed E-state index contributed by atoms with van der Waals surface area (Å²) in [4.78, 5) is 14.5. The van der Waals surface area contributed by atoms with Crippen molar-refractivity contribution in [2.24, 2.45) is 0 Å². The molecule has 148 valence electrons. The smallest absolute Gasteiger partial charge is 0.238 e. The monoisotopic (exact) mass is 388 g/mol. The van der Waals surface area contributed by atoms with E-state index >= 15 is 0 Å². The molecule has 1 N–H and O–H groups in total. The molecule has 2 aromatic carbocycles. The fourth-order valence-electron chi connectivity index (χ4n) is 3.41. The number of hydrogen-bond acceptors (Lipinski definition) is 4. The van der Waals surface area contributed by atoms with Crippen LogP contribution in [-0.2, 0) is 4.79 Å². The Hall–Kier alpha value is -3.38. The first-order valence-corrected chi connectivity index (χ1v) is 9.67. The van der Waals surface area contributed by atoms with Crippen LogP contribution in [0.15, 0.2) is 73.1 Å². The number of carbonyl (C=O) groups is 1. The Morgan fingerprint density at radius 1 is 1.14 bits per heavy atom. The van der Waals surface area contributed by atoms with Crippen molar-refractivity contribution < 1.29 is 9.53 Å². The first-order chi connectivity index (χ1) is 14.2. The maximum atomic E-state index is 12.3. The number of methoxy groups -OCH3 is 1. The molecule has 29 heavy (non-hydrogen) atoms. The molecule has 0 unspecified atom stereocenters. The zero-order valence-electron chi connectivity index (χ0n) is 16.4. The van der Waals surface area contributed by atoms with Crippen LogP contribution in [0.1, 0.15) is 12.0 Å². The minimum absolute atomic E-state index is 0.0103. The van der Waals surface area contributed by atoms with Crippen molar-refractivity contribution in [1.82, 2.24) is 14.7 Å². The van der Waals surface area contributed by atoms with Crippen LogP contribution in [0, 0.1) is 0 Å². The van der Waals surface area contributed by atoms with Gasteiger partial charge in [0.05, 0.1) is 25.5 Å². The number of ether oxygens (including phenoxy) is 1. The molecule has 1 aliphatic rings. The highest BCUT2D eigenvalue weighted by atomic mass is 16.5. The number of rotatable bonds is 6. The molecule has 0 saturated heterocycles. The molecule has 0 spiro atoms. The summed E-state index contributed by atoms with van der Waals surface area (Å²) < 4.78 is 7.03. The van der Waals surface area contributed by atoms with E-state index in [-0.39, 0.29) is 5.91 Å². The second-order valence-electron chi connectivity index (χ2n) is 7.00. The zero-order chi connectivity index (χ0) is 20.1. The van der Waals surface area contributed by atoms with Gasteiger partial charge in [0.15, 0.2) is 0 Å². The minimum Gasteiger partial charge on any atom is -0.497 e. The normalized spacial score (nSPS) is 14.3. The van der Waals surface area contributed by atoms with Gasteiger partial charge in [-0.15, -0.1) is 0 Å². The fraction of sp³-hybridized carbons (Fsp3) is 0.217. The first-order valence-electron chi connectivity index (χ1n) is 9.67. The predicted octanol–water partition coefficient (Wildman–Crippen LogP) is 3.61. The first kappa shape index (κ1) is 19.0. The maximum Gasteiger partial charge on any atom is 0.238 e. The molecule has 6 nitrogen and oxygen atoms in total. The van der Waals surface area contributed by atoms with Gasteiger partial charge in [-0.05, 0) is 48.4 Å². The Morgan fingerprint density at radius 3 is 2.62 bits per heavy atom. The molecule has 4 rings (SSSR count). The van der Waals surface area contributed by atoms with Crippen LogP contribution in [0.5, 0.6) is 5.75 Å². The summed E-state index contributed by atoms with van der Waals surface area (Å²) in [6, 6.07) is 17.4. The van der Waals surface area contributed by atoms with E-state index in [0.29, 0.717) is 6.54 Å². The van der Waals surface area contributed by atoms with E-state index < -0.39 is 0 Å².